The van der Waals surface area contributed by atoms with E-state index in [1.807, 2.05) is 13.8 Å². The smallest absolute Gasteiger partial charge is 0.0164 e. The third-order valence-corrected chi connectivity index (χ3v) is 1.71. The van der Waals surface area contributed by atoms with Gasteiger partial charge >= 0.3 is 0 Å². The SMILES string of the molecule is CC(N)CNCC(C)NCC(C)N. The lowest BCUT2D eigenvalue weighted by atomic mass is 10.3. The van der Waals surface area contributed by atoms with Gasteiger partial charge in [-0.3, -0.25) is 0 Å². The van der Waals surface area contributed by atoms with E-state index in [0.717, 1.165) is 19.6 Å². The standard InChI is InChI=1S/C9H24N4/c1-7(10)4-12-6-9(3)13-5-8(2)11/h7-9,12-13H,4-6,10-11H2,1-3H3. The van der Waals surface area contributed by atoms with Crippen LogP contribution in [0.2, 0.25) is 0 Å². The van der Waals surface area contributed by atoms with Gasteiger partial charge in [-0.05, 0) is 20.8 Å². The number of rotatable bonds is 7. The molecule has 0 spiro atoms. The minimum atomic E-state index is 0.218. The lowest BCUT2D eigenvalue weighted by Gasteiger charge is -2.16. The molecule has 0 radical (unpaired) electrons. The number of hydrogen-bond donors (Lipinski definition) is 4. The van der Waals surface area contributed by atoms with Gasteiger partial charge in [-0.1, -0.05) is 0 Å². The summed E-state index contributed by atoms with van der Waals surface area (Å²) in [6.45, 7) is 8.79. The molecule has 13 heavy (non-hydrogen) atoms. The van der Waals surface area contributed by atoms with Gasteiger partial charge in [-0.15, -0.1) is 0 Å². The monoisotopic (exact) mass is 188 g/mol. The molecule has 0 amide bonds. The molecule has 0 saturated carbocycles. The van der Waals surface area contributed by atoms with Crippen LogP contribution in [0.25, 0.3) is 0 Å². The highest BCUT2D eigenvalue weighted by Crippen LogP contribution is 1.80. The van der Waals surface area contributed by atoms with Gasteiger partial charge in [0.25, 0.3) is 0 Å². The first-order valence-corrected chi connectivity index (χ1v) is 4.97. The normalized spacial score (nSPS) is 18.2. The predicted octanol–water partition coefficient (Wildman–Crippen LogP) is -0.751. The van der Waals surface area contributed by atoms with Gasteiger partial charge in [0.15, 0.2) is 0 Å². The van der Waals surface area contributed by atoms with E-state index in [9.17, 15) is 0 Å². The summed E-state index contributed by atoms with van der Waals surface area (Å²) in [6.07, 6.45) is 0. The van der Waals surface area contributed by atoms with Crippen LogP contribution in [-0.2, 0) is 0 Å². The predicted molar refractivity (Wildman–Crippen MR) is 57.6 cm³/mol. The first-order valence-electron chi connectivity index (χ1n) is 4.97. The molecule has 4 nitrogen and oxygen atoms in total. The Labute approximate surface area is 81.4 Å². The molecule has 0 aliphatic rings. The maximum Gasteiger partial charge on any atom is 0.0164 e. The Morgan fingerprint density at radius 1 is 0.923 bits per heavy atom. The zero-order valence-electron chi connectivity index (χ0n) is 9.01. The fourth-order valence-electron chi connectivity index (χ4n) is 0.987. The van der Waals surface area contributed by atoms with Gasteiger partial charge in [-0.25, -0.2) is 0 Å². The summed E-state index contributed by atoms with van der Waals surface area (Å²) >= 11 is 0. The van der Waals surface area contributed by atoms with Crippen LogP contribution >= 0.6 is 0 Å². The van der Waals surface area contributed by atoms with Crippen LogP contribution in [-0.4, -0.2) is 37.8 Å². The van der Waals surface area contributed by atoms with Crippen LogP contribution in [0.5, 0.6) is 0 Å². The molecule has 0 saturated heterocycles. The molecule has 0 aliphatic carbocycles. The van der Waals surface area contributed by atoms with Crippen molar-refractivity contribution in [2.45, 2.75) is 38.9 Å². The highest BCUT2D eigenvalue weighted by molar-refractivity contribution is 4.68. The van der Waals surface area contributed by atoms with Crippen LogP contribution in [0.15, 0.2) is 0 Å². The van der Waals surface area contributed by atoms with Gasteiger partial charge in [0.2, 0.25) is 0 Å². The van der Waals surface area contributed by atoms with E-state index < -0.39 is 0 Å². The van der Waals surface area contributed by atoms with E-state index >= 15 is 0 Å². The van der Waals surface area contributed by atoms with Crippen molar-refractivity contribution in [1.29, 1.82) is 0 Å². The van der Waals surface area contributed by atoms with Crippen molar-refractivity contribution in [3.05, 3.63) is 0 Å². The van der Waals surface area contributed by atoms with Crippen LogP contribution < -0.4 is 22.1 Å². The fourth-order valence-corrected chi connectivity index (χ4v) is 0.987. The maximum atomic E-state index is 5.61. The summed E-state index contributed by atoms with van der Waals surface area (Å²) in [4.78, 5) is 0. The topological polar surface area (TPSA) is 76.1 Å². The molecule has 3 unspecified atom stereocenters. The average Bonchev–Trinajstić information content (AvgIpc) is 2.00. The van der Waals surface area contributed by atoms with Crippen molar-refractivity contribution < 1.29 is 0 Å². The summed E-state index contributed by atoms with van der Waals surface area (Å²) in [5.41, 5.74) is 11.2. The second-order valence-corrected chi connectivity index (χ2v) is 3.92. The molecule has 0 aliphatic heterocycles. The molecular weight excluding hydrogens is 164 g/mol. The van der Waals surface area contributed by atoms with Crippen LogP contribution in [0.4, 0.5) is 0 Å². The van der Waals surface area contributed by atoms with Gasteiger partial charge in [0.1, 0.15) is 0 Å². The minimum Gasteiger partial charge on any atom is -0.327 e. The van der Waals surface area contributed by atoms with Crippen molar-refractivity contribution in [2.24, 2.45) is 11.5 Å². The average molecular weight is 188 g/mol. The molecule has 0 aromatic carbocycles. The quantitative estimate of drug-likeness (QED) is 0.424. The Morgan fingerprint density at radius 3 is 1.92 bits per heavy atom. The molecular formula is C9H24N4. The summed E-state index contributed by atoms with van der Waals surface area (Å²) in [6, 6.07) is 0.890. The number of hydrogen-bond acceptors (Lipinski definition) is 4. The van der Waals surface area contributed by atoms with Crippen LogP contribution in [0.1, 0.15) is 20.8 Å². The second-order valence-electron chi connectivity index (χ2n) is 3.92. The fraction of sp³-hybridized carbons (Fsp3) is 1.00. The first kappa shape index (κ1) is 12.8. The molecule has 3 atom stereocenters. The van der Waals surface area contributed by atoms with Gasteiger partial charge < -0.3 is 22.1 Å². The summed E-state index contributed by atoms with van der Waals surface area (Å²) in [5, 5.41) is 6.61. The van der Waals surface area contributed by atoms with E-state index in [1.165, 1.54) is 0 Å². The molecule has 0 bridgehead atoms. The summed E-state index contributed by atoms with van der Waals surface area (Å²) in [5.74, 6) is 0. The maximum absolute atomic E-state index is 5.61. The van der Waals surface area contributed by atoms with E-state index in [2.05, 4.69) is 17.6 Å². The molecule has 0 heterocycles. The zero-order valence-corrected chi connectivity index (χ0v) is 9.01. The largest absolute Gasteiger partial charge is 0.327 e. The first-order chi connectivity index (χ1) is 6.02. The summed E-state index contributed by atoms with van der Waals surface area (Å²) < 4.78 is 0. The van der Waals surface area contributed by atoms with Crippen molar-refractivity contribution in [3.8, 4) is 0 Å². The third-order valence-electron chi connectivity index (χ3n) is 1.71. The zero-order chi connectivity index (χ0) is 10.3. The van der Waals surface area contributed by atoms with Crippen molar-refractivity contribution >= 4 is 0 Å². The lowest BCUT2D eigenvalue weighted by Crippen LogP contribution is -2.43. The van der Waals surface area contributed by atoms with Gasteiger partial charge in [0.05, 0.1) is 0 Å². The van der Waals surface area contributed by atoms with Crippen molar-refractivity contribution in [1.82, 2.24) is 10.6 Å². The number of nitrogens with one attached hydrogen (secondary N) is 2. The molecule has 0 rings (SSSR count). The van der Waals surface area contributed by atoms with Gasteiger partial charge in [-0.2, -0.15) is 0 Å². The van der Waals surface area contributed by atoms with Crippen molar-refractivity contribution in [3.63, 3.8) is 0 Å². The van der Waals surface area contributed by atoms with E-state index in [0.29, 0.717) is 6.04 Å². The third kappa shape index (κ3) is 9.76. The molecule has 80 valence electrons. The lowest BCUT2D eigenvalue weighted by molar-refractivity contribution is 0.474. The molecule has 0 fully saturated rings. The second kappa shape index (κ2) is 7.26. The highest BCUT2D eigenvalue weighted by atomic mass is 15.0. The Morgan fingerprint density at radius 2 is 1.46 bits per heavy atom. The Kier molecular flexibility index (Phi) is 7.17. The van der Waals surface area contributed by atoms with E-state index in [-0.39, 0.29) is 12.1 Å². The molecule has 4 heteroatoms. The Balaban J connectivity index is 3.25. The van der Waals surface area contributed by atoms with Gasteiger partial charge in [0, 0.05) is 37.8 Å². The number of nitrogens with two attached hydrogens (primary N) is 2. The molecule has 0 aromatic rings. The van der Waals surface area contributed by atoms with Crippen LogP contribution in [0, 0.1) is 0 Å². The summed E-state index contributed by atoms with van der Waals surface area (Å²) in [7, 11) is 0. The Bertz CT molecular complexity index is 114. The molecule has 6 N–H and O–H groups in total. The molecule has 0 aromatic heterocycles. The highest BCUT2D eigenvalue weighted by Gasteiger charge is 2.02. The minimum absolute atomic E-state index is 0.218. The van der Waals surface area contributed by atoms with Crippen molar-refractivity contribution in [2.75, 3.05) is 19.6 Å². The Hall–Kier alpha value is -0.160. The van der Waals surface area contributed by atoms with Crippen LogP contribution in [0.3, 0.4) is 0 Å². The van der Waals surface area contributed by atoms with E-state index in [4.69, 9.17) is 11.5 Å². The van der Waals surface area contributed by atoms with E-state index in [1.54, 1.807) is 0 Å².